The number of aliphatic imine (C=N–C) groups is 2. The van der Waals surface area contributed by atoms with Crippen LogP contribution in [0.4, 0.5) is 18.9 Å². The largest absolute Gasteiger partial charge is 0.455 e. The third-order valence-electron chi connectivity index (χ3n) is 5.95. The first-order chi connectivity index (χ1) is 15.7. The molecule has 8 nitrogen and oxygen atoms in total. The van der Waals surface area contributed by atoms with Crippen LogP contribution in [-0.2, 0) is 6.18 Å². The van der Waals surface area contributed by atoms with Gasteiger partial charge in [-0.3, -0.25) is 4.90 Å². The van der Waals surface area contributed by atoms with Crippen LogP contribution in [0.1, 0.15) is 37.7 Å². The normalized spacial score (nSPS) is 19.3. The van der Waals surface area contributed by atoms with E-state index in [2.05, 4.69) is 9.98 Å². The van der Waals surface area contributed by atoms with Crippen molar-refractivity contribution in [2.75, 3.05) is 11.7 Å². The molecule has 4 N–H and O–H groups in total. The highest BCUT2D eigenvalue weighted by Gasteiger charge is 2.44. The molecule has 33 heavy (non-hydrogen) atoms. The van der Waals surface area contributed by atoms with Crippen LogP contribution in [0, 0.1) is 0 Å². The van der Waals surface area contributed by atoms with Crippen LogP contribution in [0.3, 0.4) is 0 Å². The Morgan fingerprint density at radius 1 is 0.970 bits per heavy atom. The first-order valence-electron chi connectivity index (χ1n) is 10.5. The van der Waals surface area contributed by atoms with Crippen molar-refractivity contribution in [3.8, 4) is 23.0 Å². The van der Waals surface area contributed by atoms with E-state index in [-0.39, 0.29) is 30.1 Å². The van der Waals surface area contributed by atoms with Gasteiger partial charge >= 0.3 is 6.18 Å². The Hall–Kier alpha value is -3.63. The number of benzene rings is 2. The molecule has 0 amide bonds. The summed E-state index contributed by atoms with van der Waals surface area (Å²) >= 11 is 0. The van der Waals surface area contributed by atoms with Gasteiger partial charge in [0.15, 0.2) is 17.2 Å². The van der Waals surface area contributed by atoms with E-state index in [1.165, 1.54) is 11.0 Å². The second-order valence-electron chi connectivity index (χ2n) is 8.12. The van der Waals surface area contributed by atoms with Crippen LogP contribution >= 0.6 is 0 Å². The average molecular weight is 461 g/mol. The molecule has 5 rings (SSSR count). The van der Waals surface area contributed by atoms with Gasteiger partial charge in [-0.15, -0.1) is 0 Å². The molecule has 2 aliphatic heterocycles. The van der Waals surface area contributed by atoms with Crippen molar-refractivity contribution in [3.63, 3.8) is 0 Å². The van der Waals surface area contributed by atoms with E-state index in [1.54, 1.807) is 18.2 Å². The number of nitrogens with zero attached hydrogens (tertiary/aromatic N) is 3. The SMILES string of the molecule is NC1=NC2(CCCCC2)N(c2cc(C(F)(F)F)ccc2Oc2ccc3c(c2)OCO3)C(N)=N1. The van der Waals surface area contributed by atoms with E-state index in [1.807, 2.05) is 0 Å². The van der Waals surface area contributed by atoms with Gasteiger partial charge in [-0.25, -0.2) is 4.99 Å². The van der Waals surface area contributed by atoms with Crippen LogP contribution in [0.15, 0.2) is 46.4 Å². The van der Waals surface area contributed by atoms with Gasteiger partial charge in [-0.2, -0.15) is 18.2 Å². The van der Waals surface area contributed by atoms with Gasteiger partial charge in [0.05, 0.1) is 11.3 Å². The Labute approximate surface area is 187 Å². The summed E-state index contributed by atoms with van der Waals surface area (Å²) in [5, 5.41) is 0. The number of fused-ring (bicyclic) bond motifs is 1. The minimum atomic E-state index is -4.56. The lowest BCUT2D eigenvalue weighted by Gasteiger charge is -2.46. The lowest BCUT2D eigenvalue weighted by atomic mass is 9.87. The third kappa shape index (κ3) is 3.87. The predicted octanol–water partition coefficient (Wildman–Crippen LogP) is 4.34. The fourth-order valence-electron chi connectivity index (χ4n) is 4.49. The van der Waals surface area contributed by atoms with E-state index >= 15 is 0 Å². The lowest BCUT2D eigenvalue weighted by molar-refractivity contribution is -0.137. The topological polar surface area (TPSA) is 108 Å². The van der Waals surface area contributed by atoms with Crippen molar-refractivity contribution in [3.05, 3.63) is 42.0 Å². The minimum Gasteiger partial charge on any atom is -0.455 e. The molecule has 0 atom stereocenters. The molecule has 11 heteroatoms. The summed E-state index contributed by atoms with van der Waals surface area (Å²) in [4.78, 5) is 10.1. The number of ether oxygens (including phenoxy) is 3. The molecule has 0 unspecified atom stereocenters. The molecule has 1 fully saturated rings. The van der Waals surface area contributed by atoms with Gasteiger partial charge in [0.1, 0.15) is 11.4 Å². The number of guanidine groups is 2. The molecule has 2 aromatic rings. The van der Waals surface area contributed by atoms with E-state index in [4.69, 9.17) is 25.7 Å². The number of nitrogens with two attached hydrogens (primary N) is 2. The second kappa shape index (κ2) is 7.75. The number of hydrogen-bond acceptors (Lipinski definition) is 8. The summed E-state index contributed by atoms with van der Waals surface area (Å²) in [6.07, 6.45) is -0.760. The molecular weight excluding hydrogens is 439 g/mol. The summed E-state index contributed by atoms with van der Waals surface area (Å²) in [7, 11) is 0. The van der Waals surface area contributed by atoms with Gasteiger partial charge in [-0.1, -0.05) is 6.42 Å². The van der Waals surface area contributed by atoms with Crippen LogP contribution in [0.25, 0.3) is 0 Å². The summed E-state index contributed by atoms with van der Waals surface area (Å²) in [6, 6.07) is 8.19. The Balaban J connectivity index is 1.62. The summed E-state index contributed by atoms with van der Waals surface area (Å²) in [6.45, 7) is 0.0903. The number of halogens is 3. The highest BCUT2D eigenvalue weighted by Crippen LogP contribution is 2.46. The smallest absolute Gasteiger partial charge is 0.416 e. The van der Waals surface area contributed by atoms with E-state index in [0.717, 1.165) is 31.4 Å². The van der Waals surface area contributed by atoms with Crippen molar-refractivity contribution in [2.45, 2.75) is 43.9 Å². The molecule has 2 aromatic carbocycles. The first-order valence-corrected chi connectivity index (χ1v) is 10.5. The Kier molecular flexibility index (Phi) is 4.98. The molecule has 1 aliphatic carbocycles. The van der Waals surface area contributed by atoms with Crippen molar-refractivity contribution >= 4 is 17.6 Å². The number of alkyl halides is 3. The molecule has 0 radical (unpaired) electrons. The van der Waals surface area contributed by atoms with Gasteiger partial charge in [-0.05, 0) is 56.0 Å². The second-order valence-corrected chi connectivity index (χ2v) is 8.12. The van der Waals surface area contributed by atoms with Gasteiger partial charge < -0.3 is 25.7 Å². The summed E-state index contributed by atoms with van der Waals surface area (Å²) in [5.74, 6) is 1.57. The van der Waals surface area contributed by atoms with Gasteiger partial charge in [0, 0.05) is 6.07 Å². The zero-order chi connectivity index (χ0) is 23.2. The van der Waals surface area contributed by atoms with Crippen LogP contribution < -0.4 is 30.6 Å². The molecule has 2 heterocycles. The van der Waals surface area contributed by atoms with Crippen LogP contribution in [-0.4, -0.2) is 24.4 Å². The molecule has 0 bridgehead atoms. The molecular formula is C22H22F3N5O3. The van der Waals surface area contributed by atoms with Gasteiger partial charge in [0.25, 0.3) is 0 Å². The minimum absolute atomic E-state index is 0.0101. The third-order valence-corrected chi connectivity index (χ3v) is 5.95. The fraction of sp³-hybridized carbons (Fsp3) is 0.364. The van der Waals surface area contributed by atoms with Crippen molar-refractivity contribution in [1.29, 1.82) is 0 Å². The van der Waals surface area contributed by atoms with E-state index in [0.29, 0.717) is 30.1 Å². The van der Waals surface area contributed by atoms with Crippen molar-refractivity contribution in [2.24, 2.45) is 21.5 Å². The zero-order valence-electron chi connectivity index (χ0n) is 17.6. The maximum Gasteiger partial charge on any atom is 0.416 e. The monoisotopic (exact) mass is 461 g/mol. The quantitative estimate of drug-likeness (QED) is 0.704. The molecule has 3 aliphatic rings. The zero-order valence-corrected chi connectivity index (χ0v) is 17.6. The highest BCUT2D eigenvalue weighted by molar-refractivity contribution is 6.06. The molecule has 0 aromatic heterocycles. The Morgan fingerprint density at radius 2 is 1.73 bits per heavy atom. The number of rotatable bonds is 3. The standard InChI is InChI=1S/C22H22F3N5O3/c23-22(24,25)13-4-6-16(33-14-5-7-17-18(11-14)32-12-31-17)15(10-13)30-20(27)28-19(26)29-21(30)8-2-1-3-9-21/h4-7,10-11H,1-3,8-9,12H2,(H4,26,27,28,29). The Bertz CT molecular complexity index is 1140. The first kappa shape index (κ1) is 21.2. The number of anilines is 1. The lowest BCUT2D eigenvalue weighted by Crippen LogP contribution is -2.58. The van der Waals surface area contributed by atoms with E-state index < -0.39 is 17.4 Å². The molecule has 0 saturated heterocycles. The molecule has 174 valence electrons. The van der Waals surface area contributed by atoms with Gasteiger partial charge in [0.2, 0.25) is 18.7 Å². The maximum absolute atomic E-state index is 13.6. The number of hydrogen-bond donors (Lipinski definition) is 2. The Morgan fingerprint density at radius 3 is 2.48 bits per heavy atom. The van der Waals surface area contributed by atoms with Crippen LogP contribution in [0.5, 0.6) is 23.0 Å². The fourth-order valence-corrected chi connectivity index (χ4v) is 4.49. The highest BCUT2D eigenvalue weighted by atomic mass is 19.4. The van der Waals surface area contributed by atoms with Crippen molar-refractivity contribution in [1.82, 2.24) is 0 Å². The maximum atomic E-state index is 13.6. The summed E-state index contributed by atoms with van der Waals surface area (Å²) in [5.41, 5.74) is 10.5. The van der Waals surface area contributed by atoms with E-state index in [9.17, 15) is 13.2 Å². The molecule has 1 saturated carbocycles. The average Bonchev–Trinajstić information content (AvgIpc) is 3.22. The predicted molar refractivity (Wildman–Crippen MR) is 116 cm³/mol. The molecule has 1 spiro atoms. The van der Waals surface area contributed by atoms with Crippen LogP contribution in [0.2, 0.25) is 0 Å². The summed E-state index contributed by atoms with van der Waals surface area (Å²) < 4.78 is 57.6. The van der Waals surface area contributed by atoms with Crippen molar-refractivity contribution < 1.29 is 27.4 Å².